The van der Waals surface area contributed by atoms with Gasteiger partial charge in [0.05, 0.1) is 18.2 Å². The van der Waals surface area contributed by atoms with Crippen molar-refractivity contribution in [3.8, 4) is 0 Å². The maximum absolute atomic E-state index is 12.1. The quantitative estimate of drug-likeness (QED) is 0.881. The first-order valence-corrected chi connectivity index (χ1v) is 9.67. The molecule has 2 bridgehead atoms. The molecule has 3 atom stereocenters. The number of hydrogen-bond acceptors (Lipinski definition) is 4. The van der Waals surface area contributed by atoms with Crippen molar-refractivity contribution in [2.24, 2.45) is 0 Å². The van der Waals surface area contributed by atoms with Crippen LogP contribution in [0.2, 0.25) is 0 Å². The summed E-state index contributed by atoms with van der Waals surface area (Å²) >= 11 is 0. The molecule has 1 aromatic rings. The SMILES string of the molecule is O=C(NCc1ccc(N2CCCCCC2)nc1)N[C@@H]1C[C@H]2CC[C@H]1O2. The highest BCUT2D eigenvalue weighted by atomic mass is 16.5. The molecule has 6 nitrogen and oxygen atoms in total. The Kier molecular flexibility index (Phi) is 5.06. The van der Waals surface area contributed by atoms with Gasteiger partial charge in [-0.2, -0.15) is 0 Å². The molecule has 2 amide bonds. The second-order valence-electron chi connectivity index (χ2n) is 7.47. The molecule has 3 aliphatic heterocycles. The number of nitrogens with zero attached hydrogens (tertiary/aromatic N) is 2. The molecule has 4 rings (SSSR count). The number of pyridine rings is 1. The zero-order valence-electron chi connectivity index (χ0n) is 14.7. The van der Waals surface area contributed by atoms with Crippen LogP contribution in [-0.4, -0.2) is 42.4 Å². The number of rotatable bonds is 4. The average Bonchev–Trinajstić information content (AvgIpc) is 3.14. The Morgan fingerprint density at radius 3 is 2.68 bits per heavy atom. The molecule has 136 valence electrons. The molecule has 0 aromatic carbocycles. The van der Waals surface area contributed by atoms with Crippen LogP contribution in [-0.2, 0) is 11.3 Å². The van der Waals surface area contributed by atoms with E-state index in [2.05, 4.69) is 32.7 Å². The van der Waals surface area contributed by atoms with Crippen LogP contribution in [0.5, 0.6) is 0 Å². The van der Waals surface area contributed by atoms with Gasteiger partial charge < -0.3 is 20.3 Å². The smallest absolute Gasteiger partial charge is 0.315 e. The van der Waals surface area contributed by atoms with Crippen molar-refractivity contribution in [2.45, 2.75) is 69.7 Å². The van der Waals surface area contributed by atoms with Crippen molar-refractivity contribution in [3.05, 3.63) is 23.9 Å². The Morgan fingerprint density at radius 2 is 2.04 bits per heavy atom. The van der Waals surface area contributed by atoms with Crippen LogP contribution in [0.25, 0.3) is 0 Å². The van der Waals surface area contributed by atoms with Crippen LogP contribution < -0.4 is 15.5 Å². The van der Waals surface area contributed by atoms with Gasteiger partial charge in [-0.15, -0.1) is 0 Å². The number of fused-ring (bicyclic) bond motifs is 2. The third kappa shape index (κ3) is 4.06. The van der Waals surface area contributed by atoms with E-state index in [1.165, 1.54) is 25.7 Å². The molecular weight excluding hydrogens is 316 g/mol. The van der Waals surface area contributed by atoms with Gasteiger partial charge in [0, 0.05) is 25.8 Å². The van der Waals surface area contributed by atoms with Crippen LogP contribution in [0.3, 0.4) is 0 Å². The Balaban J connectivity index is 1.24. The topological polar surface area (TPSA) is 66.5 Å². The number of amides is 2. The van der Waals surface area contributed by atoms with E-state index in [1.54, 1.807) is 0 Å². The summed E-state index contributed by atoms with van der Waals surface area (Å²) < 4.78 is 5.77. The molecule has 0 unspecified atom stereocenters. The number of carbonyl (C=O) groups is 1. The number of anilines is 1. The molecule has 4 heterocycles. The fraction of sp³-hybridized carbons (Fsp3) is 0.684. The molecule has 3 fully saturated rings. The maximum atomic E-state index is 12.1. The zero-order valence-corrected chi connectivity index (χ0v) is 14.7. The first-order chi connectivity index (χ1) is 12.3. The molecule has 6 heteroatoms. The molecule has 0 saturated carbocycles. The van der Waals surface area contributed by atoms with Crippen molar-refractivity contribution in [1.29, 1.82) is 0 Å². The fourth-order valence-electron chi connectivity index (χ4n) is 4.20. The van der Waals surface area contributed by atoms with E-state index in [0.29, 0.717) is 12.6 Å². The van der Waals surface area contributed by atoms with Gasteiger partial charge in [-0.1, -0.05) is 18.9 Å². The molecule has 3 saturated heterocycles. The minimum atomic E-state index is -0.113. The van der Waals surface area contributed by atoms with Crippen molar-refractivity contribution >= 4 is 11.8 Å². The van der Waals surface area contributed by atoms with Crippen LogP contribution >= 0.6 is 0 Å². The van der Waals surface area contributed by atoms with E-state index in [1.807, 2.05) is 6.20 Å². The van der Waals surface area contributed by atoms with E-state index >= 15 is 0 Å². The molecule has 0 aliphatic carbocycles. The van der Waals surface area contributed by atoms with Crippen molar-refractivity contribution in [2.75, 3.05) is 18.0 Å². The Bertz CT molecular complexity index is 584. The second-order valence-corrected chi connectivity index (χ2v) is 7.47. The molecular formula is C19H28N4O2. The van der Waals surface area contributed by atoms with Gasteiger partial charge in [-0.3, -0.25) is 0 Å². The van der Waals surface area contributed by atoms with Gasteiger partial charge in [0.2, 0.25) is 0 Å². The lowest BCUT2D eigenvalue weighted by atomic mass is 9.96. The van der Waals surface area contributed by atoms with E-state index in [-0.39, 0.29) is 18.2 Å². The highest BCUT2D eigenvalue weighted by molar-refractivity contribution is 5.74. The standard InChI is InChI=1S/C19H28N4O2/c24-19(22-16-11-15-6-7-17(16)25-15)21-13-14-5-8-18(20-12-14)23-9-3-1-2-4-10-23/h5,8,12,15-17H,1-4,6-7,9-11,13H2,(H2,21,22,24)/t15-,16-,17-/m1/s1. The summed E-state index contributed by atoms with van der Waals surface area (Å²) in [6.45, 7) is 2.69. The summed E-state index contributed by atoms with van der Waals surface area (Å²) in [5, 5.41) is 5.98. The molecule has 1 aromatic heterocycles. The van der Waals surface area contributed by atoms with Gasteiger partial charge in [0.25, 0.3) is 0 Å². The molecule has 0 radical (unpaired) electrons. The van der Waals surface area contributed by atoms with E-state index in [9.17, 15) is 4.79 Å². The predicted molar refractivity (Wildman–Crippen MR) is 96.6 cm³/mol. The molecule has 2 N–H and O–H groups in total. The van der Waals surface area contributed by atoms with Gasteiger partial charge in [-0.25, -0.2) is 9.78 Å². The average molecular weight is 344 g/mol. The van der Waals surface area contributed by atoms with Crippen LogP contribution in [0, 0.1) is 0 Å². The lowest BCUT2D eigenvalue weighted by Gasteiger charge is -2.21. The van der Waals surface area contributed by atoms with Crippen LogP contribution in [0.4, 0.5) is 10.6 Å². The fourth-order valence-corrected chi connectivity index (χ4v) is 4.20. The Labute approximate surface area is 149 Å². The number of urea groups is 1. The summed E-state index contributed by atoms with van der Waals surface area (Å²) in [7, 11) is 0. The Morgan fingerprint density at radius 1 is 1.20 bits per heavy atom. The largest absolute Gasteiger partial charge is 0.373 e. The Hall–Kier alpha value is -1.82. The molecule has 0 spiro atoms. The predicted octanol–water partition coefficient (Wildman–Crippen LogP) is 2.58. The molecule has 25 heavy (non-hydrogen) atoms. The van der Waals surface area contributed by atoms with E-state index in [0.717, 1.165) is 43.7 Å². The van der Waals surface area contributed by atoms with Gasteiger partial charge in [-0.05, 0) is 43.7 Å². The van der Waals surface area contributed by atoms with Gasteiger partial charge in [0.15, 0.2) is 0 Å². The number of ether oxygens (including phenoxy) is 1. The van der Waals surface area contributed by atoms with Crippen LogP contribution in [0.15, 0.2) is 18.3 Å². The lowest BCUT2D eigenvalue weighted by Crippen LogP contribution is -2.46. The summed E-state index contributed by atoms with van der Waals surface area (Å²) in [5.41, 5.74) is 1.03. The maximum Gasteiger partial charge on any atom is 0.315 e. The number of nitrogens with one attached hydrogen (secondary N) is 2. The number of hydrogen-bond donors (Lipinski definition) is 2. The van der Waals surface area contributed by atoms with Crippen molar-refractivity contribution < 1.29 is 9.53 Å². The third-order valence-electron chi connectivity index (χ3n) is 5.61. The first kappa shape index (κ1) is 16.6. The lowest BCUT2D eigenvalue weighted by molar-refractivity contribution is 0.0981. The summed E-state index contributed by atoms with van der Waals surface area (Å²) in [5.74, 6) is 1.05. The summed E-state index contributed by atoms with van der Waals surface area (Å²) in [6.07, 6.45) is 10.7. The zero-order chi connectivity index (χ0) is 17.1. The highest BCUT2D eigenvalue weighted by Gasteiger charge is 2.41. The van der Waals surface area contributed by atoms with Gasteiger partial charge in [0.1, 0.15) is 5.82 Å². The van der Waals surface area contributed by atoms with Crippen molar-refractivity contribution in [3.63, 3.8) is 0 Å². The highest BCUT2D eigenvalue weighted by Crippen LogP contribution is 2.34. The third-order valence-corrected chi connectivity index (χ3v) is 5.61. The van der Waals surface area contributed by atoms with Gasteiger partial charge >= 0.3 is 6.03 Å². The second kappa shape index (κ2) is 7.60. The molecule has 3 aliphatic rings. The summed E-state index contributed by atoms with van der Waals surface area (Å²) in [4.78, 5) is 19.1. The number of aromatic nitrogens is 1. The van der Waals surface area contributed by atoms with Crippen LogP contribution in [0.1, 0.15) is 50.5 Å². The minimum Gasteiger partial charge on any atom is -0.373 e. The van der Waals surface area contributed by atoms with E-state index in [4.69, 9.17) is 4.74 Å². The minimum absolute atomic E-state index is 0.113. The van der Waals surface area contributed by atoms with Crippen molar-refractivity contribution in [1.82, 2.24) is 15.6 Å². The monoisotopic (exact) mass is 344 g/mol. The number of carbonyl (C=O) groups excluding carboxylic acids is 1. The van der Waals surface area contributed by atoms with E-state index < -0.39 is 0 Å². The first-order valence-electron chi connectivity index (χ1n) is 9.67. The normalized spacial score (nSPS) is 28.6. The summed E-state index contributed by atoms with van der Waals surface area (Å²) in [6, 6.07) is 4.19.